The van der Waals surface area contributed by atoms with E-state index in [1.165, 1.54) is 5.56 Å². The quantitative estimate of drug-likeness (QED) is 0.868. The summed E-state index contributed by atoms with van der Waals surface area (Å²) in [6, 6.07) is 8.16. The number of rotatable bonds is 3. The molecule has 2 amide bonds. The smallest absolute Gasteiger partial charge is 0.312 e. The number of amides is 2. The predicted molar refractivity (Wildman–Crippen MR) is 82.7 cm³/mol. The lowest BCUT2D eigenvalue weighted by molar-refractivity contribution is -0.148. The highest BCUT2D eigenvalue weighted by atomic mass is 16.2. The molecule has 1 saturated heterocycles. The van der Waals surface area contributed by atoms with Gasteiger partial charge in [-0.2, -0.15) is 0 Å². The molecule has 1 aromatic carbocycles. The number of benzene rings is 1. The Bertz CT molecular complexity index is 496. The third-order valence-corrected chi connectivity index (χ3v) is 4.13. The number of carbonyl (C=O) groups excluding carboxylic acids is 2. The van der Waals surface area contributed by atoms with Gasteiger partial charge in [0.05, 0.1) is 0 Å². The number of nitrogens with zero attached hydrogens (tertiary/aromatic N) is 1. The van der Waals surface area contributed by atoms with Crippen LogP contribution < -0.4 is 5.32 Å². The van der Waals surface area contributed by atoms with Crippen molar-refractivity contribution < 1.29 is 9.59 Å². The van der Waals surface area contributed by atoms with Crippen molar-refractivity contribution in [2.24, 2.45) is 0 Å². The highest BCUT2D eigenvalue weighted by Gasteiger charge is 2.29. The van der Waals surface area contributed by atoms with Crippen molar-refractivity contribution in [3.8, 4) is 0 Å². The standard InChI is InChI=1S/C17H24N2O2/c1-3-15-6-4-5-11-19(15)17(21)16(20)18-12-14-9-7-13(2)8-10-14/h7-10,15H,3-6,11-12H2,1-2H3,(H,18,20). The van der Waals surface area contributed by atoms with Gasteiger partial charge in [0, 0.05) is 19.1 Å². The summed E-state index contributed by atoms with van der Waals surface area (Å²) in [4.78, 5) is 26.0. The summed E-state index contributed by atoms with van der Waals surface area (Å²) in [6.07, 6.45) is 4.06. The molecule has 0 bridgehead atoms. The molecule has 2 rings (SSSR count). The van der Waals surface area contributed by atoms with Gasteiger partial charge in [-0.1, -0.05) is 36.8 Å². The zero-order valence-electron chi connectivity index (χ0n) is 12.9. The molecule has 1 fully saturated rings. The van der Waals surface area contributed by atoms with Crippen molar-refractivity contribution in [2.45, 2.75) is 52.1 Å². The lowest BCUT2D eigenvalue weighted by atomic mass is 10.00. The second kappa shape index (κ2) is 7.25. The maximum atomic E-state index is 12.3. The van der Waals surface area contributed by atoms with Gasteiger partial charge in [-0.15, -0.1) is 0 Å². The molecule has 0 aliphatic carbocycles. The van der Waals surface area contributed by atoms with Gasteiger partial charge in [0.15, 0.2) is 0 Å². The molecule has 4 nitrogen and oxygen atoms in total. The minimum absolute atomic E-state index is 0.219. The lowest BCUT2D eigenvalue weighted by Crippen LogP contribution is -2.49. The van der Waals surface area contributed by atoms with Crippen LogP contribution in [0.2, 0.25) is 0 Å². The number of hydrogen-bond donors (Lipinski definition) is 1. The third kappa shape index (κ3) is 4.06. The Labute approximate surface area is 126 Å². The van der Waals surface area contributed by atoms with E-state index in [4.69, 9.17) is 0 Å². The van der Waals surface area contributed by atoms with Crippen molar-refractivity contribution >= 4 is 11.8 Å². The molecule has 0 radical (unpaired) electrons. The van der Waals surface area contributed by atoms with Crippen LogP contribution in [0.25, 0.3) is 0 Å². The minimum atomic E-state index is -0.490. The molecule has 1 aliphatic heterocycles. The van der Waals surface area contributed by atoms with Crippen LogP contribution in [0.15, 0.2) is 24.3 Å². The third-order valence-electron chi connectivity index (χ3n) is 4.13. The molecule has 114 valence electrons. The Kier molecular flexibility index (Phi) is 5.37. The Morgan fingerprint density at radius 3 is 2.62 bits per heavy atom. The Balaban J connectivity index is 1.90. The summed E-state index contributed by atoms with van der Waals surface area (Å²) in [6.45, 7) is 5.19. The Hall–Kier alpha value is -1.84. The van der Waals surface area contributed by atoms with Crippen LogP contribution >= 0.6 is 0 Å². The van der Waals surface area contributed by atoms with Gasteiger partial charge in [-0.3, -0.25) is 9.59 Å². The zero-order valence-corrected chi connectivity index (χ0v) is 12.9. The number of nitrogens with one attached hydrogen (secondary N) is 1. The summed E-state index contributed by atoms with van der Waals surface area (Å²) < 4.78 is 0. The van der Waals surface area contributed by atoms with Gasteiger partial charge in [-0.05, 0) is 38.2 Å². The van der Waals surface area contributed by atoms with Crippen molar-refractivity contribution in [1.29, 1.82) is 0 Å². The number of hydrogen-bond acceptors (Lipinski definition) is 2. The van der Waals surface area contributed by atoms with E-state index in [1.807, 2.05) is 31.2 Å². The van der Waals surface area contributed by atoms with E-state index in [2.05, 4.69) is 12.2 Å². The first-order valence-corrected chi connectivity index (χ1v) is 7.76. The van der Waals surface area contributed by atoms with Crippen molar-refractivity contribution in [3.63, 3.8) is 0 Å². The van der Waals surface area contributed by atoms with E-state index < -0.39 is 5.91 Å². The highest BCUT2D eigenvalue weighted by molar-refractivity contribution is 6.35. The van der Waals surface area contributed by atoms with Crippen molar-refractivity contribution in [3.05, 3.63) is 35.4 Å². The predicted octanol–water partition coefficient (Wildman–Crippen LogP) is 2.40. The Morgan fingerprint density at radius 2 is 1.95 bits per heavy atom. The normalized spacial score (nSPS) is 18.4. The lowest BCUT2D eigenvalue weighted by Gasteiger charge is -2.34. The van der Waals surface area contributed by atoms with Gasteiger partial charge in [0.25, 0.3) is 0 Å². The molecular formula is C17H24N2O2. The molecule has 1 atom stereocenters. The molecule has 1 unspecified atom stereocenters. The van der Waals surface area contributed by atoms with Crippen LogP contribution in [0.4, 0.5) is 0 Å². The van der Waals surface area contributed by atoms with Gasteiger partial charge < -0.3 is 10.2 Å². The molecule has 21 heavy (non-hydrogen) atoms. The Morgan fingerprint density at radius 1 is 1.24 bits per heavy atom. The molecule has 4 heteroatoms. The van der Waals surface area contributed by atoms with E-state index in [1.54, 1.807) is 4.90 Å². The highest BCUT2D eigenvalue weighted by Crippen LogP contribution is 2.19. The molecular weight excluding hydrogens is 264 g/mol. The fourth-order valence-corrected chi connectivity index (χ4v) is 2.79. The molecule has 0 aromatic heterocycles. The fraction of sp³-hybridized carbons (Fsp3) is 0.529. The second-order valence-corrected chi connectivity index (χ2v) is 5.72. The van der Waals surface area contributed by atoms with E-state index in [0.29, 0.717) is 13.1 Å². The van der Waals surface area contributed by atoms with E-state index in [-0.39, 0.29) is 11.9 Å². The summed E-state index contributed by atoms with van der Waals surface area (Å²) in [7, 11) is 0. The first-order chi connectivity index (χ1) is 10.1. The summed E-state index contributed by atoms with van der Waals surface area (Å²) in [5, 5.41) is 2.73. The topological polar surface area (TPSA) is 49.4 Å². The zero-order chi connectivity index (χ0) is 15.2. The maximum Gasteiger partial charge on any atom is 0.312 e. The van der Waals surface area contributed by atoms with Crippen LogP contribution in [-0.2, 0) is 16.1 Å². The van der Waals surface area contributed by atoms with Crippen LogP contribution in [0.1, 0.15) is 43.7 Å². The molecule has 0 spiro atoms. The average molecular weight is 288 g/mol. The first kappa shape index (κ1) is 15.5. The van der Waals surface area contributed by atoms with Gasteiger partial charge in [-0.25, -0.2) is 0 Å². The van der Waals surface area contributed by atoms with E-state index >= 15 is 0 Å². The average Bonchev–Trinajstić information content (AvgIpc) is 2.53. The molecule has 1 aliphatic rings. The number of aryl methyl sites for hydroxylation is 1. The summed E-state index contributed by atoms with van der Waals surface area (Å²) >= 11 is 0. The van der Waals surface area contributed by atoms with E-state index in [9.17, 15) is 9.59 Å². The molecule has 0 saturated carbocycles. The van der Waals surface area contributed by atoms with Crippen molar-refractivity contribution in [1.82, 2.24) is 10.2 Å². The number of likely N-dealkylation sites (tertiary alicyclic amines) is 1. The maximum absolute atomic E-state index is 12.3. The monoisotopic (exact) mass is 288 g/mol. The number of carbonyl (C=O) groups is 2. The molecule has 1 N–H and O–H groups in total. The van der Waals surface area contributed by atoms with Crippen molar-refractivity contribution in [2.75, 3.05) is 6.54 Å². The van der Waals surface area contributed by atoms with Gasteiger partial charge >= 0.3 is 11.8 Å². The second-order valence-electron chi connectivity index (χ2n) is 5.72. The van der Waals surface area contributed by atoms with Gasteiger partial charge in [0.1, 0.15) is 0 Å². The van der Waals surface area contributed by atoms with Crippen LogP contribution in [-0.4, -0.2) is 29.3 Å². The molecule has 1 aromatic rings. The number of piperidine rings is 1. The van der Waals surface area contributed by atoms with Crippen LogP contribution in [0, 0.1) is 6.92 Å². The first-order valence-electron chi connectivity index (χ1n) is 7.76. The fourth-order valence-electron chi connectivity index (χ4n) is 2.79. The summed E-state index contributed by atoms with van der Waals surface area (Å²) in [5.74, 6) is -0.871. The molecule has 1 heterocycles. The minimum Gasteiger partial charge on any atom is -0.344 e. The van der Waals surface area contributed by atoms with Crippen LogP contribution in [0.5, 0.6) is 0 Å². The van der Waals surface area contributed by atoms with Crippen LogP contribution in [0.3, 0.4) is 0 Å². The largest absolute Gasteiger partial charge is 0.344 e. The van der Waals surface area contributed by atoms with E-state index in [0.717, 1.165) is 31.2 Å². The summed E-state index contributed by atoms with van der Waals surface area (Å²) in [5.41, 5.74) is 2.19. The van der Waals surface area contributed by atoms with Gasteiger partial charge in [0.2, 0.25) is 0 Å². The SMILES string of the molecule is CCC1CCCCN1C(=O)C(=O)NCc1ccc(C)cc1.